The molecule has 0 aliphatic heterocycles. The van der Waals surface area contributed by atoms with E-state index >= 15 is 0 Å². The van der Waals surface area contributed by atoms with Gasteiger partial charge < -0.3 is 4.74 Å². The monoisotopic (exact) mass is 176 g/mol. The first-order valence-corrected chi connectivity index (χ1v) is 4.21. The third-order valence-corrected chi connectivity index (χ3v) is 2.74. The van der Waals surface area contributed by atoms with Crippen molar-refractivity contribution in [3.05, 3.63) is 21.3 Å². The zero-order valence-electron chi connectivity index (χ0n) is 5.93. The molecule has 0 amide bonds. The van der Waals surface area contributed by atoms with Crippen LogP contribution in [0.1, 0.15) is 17.9 Å². The molecule has 3 heteroatoms. The minimum atomic E-state index is 0.164. The Morgan fingerprint density at radius 2 is 2.30 bits per heavy atom. The first-order valence-electron chi connectivity index (χ1n) is 3.02. The molecule has 1 heterocycles. The lowest BCUT2D eigenvalue weighted by Crippen LogP contribution is -1.90. The SMILES string of the molecule is COC(C)c1ccc(Cl)s1. The standard InChI is InChI=1S/C7H9ClOS/c1-5(9-2)6-3-4-7(8)10-6/h3-5H,1-2H3. The van der Waals surface area contributed by atoms with Crippen LogP contribution in [0.25, 0.3) is 0 Å². The van der Waals surface area contributed by atoms with Gasteiger partial charge in [0.2, 0.25) is 0 Å². The maximum Gasteiger partial charge on any atom is 0.0932 e. The average molecular weight is 177 g/mol. The normalized spacial score (nSPS) is 13.5. The van der Waals surface area contributed by atoms with Crippen LogP contribution >= 0.6 is 22.9 Å². The molecular weight excluding hydrogens is 168 g/mol. The molecule has 10 heavy (non-hydrogen) atoms. The van der Waals surface area contributed by atoms with Gasteiger partial charge in [-0.2, -0.15) is 0 Å². The van der Waals surface area contributed by atoms with Crippen LogP contribution in [0.3, 0.4) is 0 Å². The Bertz CT molecular complexity index is 209. The van der Waals surface area contributed by atoms with Crippen molar-refractivity contribution < 1.29 is 4.74 Å². The molecule has 0 aliphatic rings. The molecular formula is C7H9ClOS. The van der Waals surface area contributed by atoms with E-state index in [2.05, 4.69) is 0 Å². The van der Waals surface area contributed by atoms with Crippen molar-refractivity contribution in [3.8, 4) is 0 Å². The molecule has 0 fully saturated rings. The molecule has 0 saturated heterocycles. The summed E-state index contributed by atoms with van der Waals surface area (Å²) in [5.41, 5.74) is 0. The number of thiophene rings is 1. The van der Waals surface area contributed by atoms with E-state index < -0.39 is 0 Å². The first-order chi connectivity index (χ1) is 4.74. The molecule has 0 saturated carbocycles. The van der Waals surface area contributed by atoms with Crippen LogP contribution in [0, 0.1) is 0 Å². The zero-order valence-corrected chi connectivity index (χ0v) is 7.50. The smallest absolute Gasteiger partial charge is 0.0932 e. The predicted octanol–water partition coefficient (Wildman–Crippen LogP) is 3.11. The maximum absolute atomic E-state index is 5.72. The highest BCUT2D eigenvalue weighted by molar-refractivity contribution is 7.16. The van der Waals surface area contributed by atoms with Crippen molar-refractivity contribution in [1.82, 2.24) is 0 Å². The highest BCUT2D eigenvalue weighted by Gasteiger charge is 2.05. The summed E-state index contributed by atoms with van der Waals surface area (Å²) in [6, 6.07) is 3.87. The topological polar surface area (TPSA) is 9.23 Å². The van der Waals surface area contributed by atoms with Crippen LogP contribution < -0.4 is 0 Å². The van der Waals surface area contributed by atoms with Gasteiger partial charge in [-0.25, -0.2) is 0 Å². The van der Waals surface area contributed by atoms with Crippen LogP contribution in [-0.4, -0.2) is 7.11 Å². The summed E-state index contributed by atoms with van der Waals surface area (Å²) in [5, 5.41) is 0. The van der Waals surface area contributed by atoms with Crippen LogP contribution in [0.4, 0.5) is 0 Å². The second-order valence-corrected chi connectivity index (χ2v) is 3.77. The fourth-order valence-electron chi connectivity index (χ4n) is 0.663. The van der Waals surface area contributed by atoms with Crippen LogP contribution in [0.5, 0.6) is 0 Å². The van der Waals surface area contributed by atoms with Gasteiger partial charge in [-0.05, 0) is 19.1 Å². The summed E-state index contributed by atoms with van der Waals surface area (Å²) in [4.78, 5) is 1.17. The summed E-state index contributed by atoms with van der Waals surface area (Å²) in [7, 11) is 1.69. The summed E-state index contributed by atoms with van der Waals surface area (Å²) in [6.45, 7) is 2.00. The number of hydrogen-bond donors (Lipinski definition) is 0. The molecule has 0 aromatic carbocycles. The Morgan fingerprint density at radius 3 is 2.70 bits per heavy atom. The van der Waals surface area contributed by atoms with Gasteiger partial charge in [0.25, 0.3) is 0 Å². The molecule has 1 aromatic heterocycles. The minimum absolute atomic E-state index is 0.164. The van der Waals surface area contributed by atoms with Crippen LogP contribution in [-0.2, 0) is 4.74 Å². The summed E-state index contributed by atoms with van der Waals surface area (Å²) in [6.07, 6.45) is 0.164. The summed E-state index contributed by atoms with van der Waals surface area (Å²) >= 11 is 7.29. The highest BCUT2D eigenvalue weighted by atomic mass is 35.5. The number of rotatable bonds is 2. The van der Waals surface area contributed by atoms with E-state index in [0.29, 0.717) is 0 Å². The van der Waals surface area contributed by atoms with Gasteiger partial charge >= 0.3 is 0 Å². The molecule has 0 aliphatic carbocycles. The largest absolute Gasteiger partial charge is 0.376 e. The molecule has 1 nitrogen and oxygen atoms in total. The van der Waals surface area contributed by atoms with Gasteiger partial charge in [0.15, 0.2) is 0 Å². The molecule has 0 bridgehead atoms. The van der Waals surface area contributed by atoms with Crippen molar-refractivity contribution in [1.29, 1.82) is 0 Å². The van der Waals surface area contributed by atoms with Crippen LogP contribution in [0.15, 0.2) is 12.1 Å². The quantitative estimate of drug-likeness (QED) is 0.673. The van der Waals surface area contributed by atoms with Gasteiger partial charge in [-0.3, -0.25) is 0 Å². The maximum atomic E-state index is 5.72. The molecule has 1 rings (SSSR count). The third-order valence-electron chi connectivity index (χ3n) is 1.35. The molecule has 0 radical (unpaired) electrons. The van der Waals surface area contributed by atoms with E-state index in [1.807, 2.05) is 19.1 Å². The number of hydrogen-bond acceptors (Lipinski definition) is 2. The van der Waals surface area contributed by atoms with Gasteiger partial charge in [0.05, 0.1) is 10.4 Å². The molecule has 1 aromatic rings. The van der Waals surface area contributed by atoms with Gasteiger partial charge in [0, 0.05) is 12.0 Å². The van der Waals surface area contributed by atoms with Gasteiger partial charge in [0.1, 0.15) is 0 Å². The molecule has 1 atom stereocenters. The Labute approximate surface area is 69.6 Å². The van der Waals surface area contributed by atoms with E-state index in [0.717, 1.165) is 4.34 Å². The zero-order chi connectivity index (χ0) is 7.56. The fourth-order valence-corrected chi connectivity index (χ4v) is 1.75. The van der Waals surface area contributed by atoms with Crippen molar-refractivity contribution >= 4 is 22.9 Å². The van der Waals surface area contributed by atoms with E-state index in [9.17, 15) is 0 Å². The van der Waals surface area contributed by atoms with E-state index in [4.69, 9.17) is 16.3 Å². The average Bonchev–Trinajstić information content (AvgIpc) is 2.34. The fraction of sp³-hybridized carbons (Fsp3) is 0.429. The van der Waals surface area contributed by atoms with Crippen molar-refractivity contribution in [2.24, 2.45) is 0 Å². The van der Waals surface area contributed by atoms with E-state index in [1.165, 1.54) is 4.88 Å². The number of methoxy groups -OCH3 is 1. The second kappa shape index (κ2) is 3.37. The second-order valence-electron chi connectivity index (χ2n) is 2.02. The molecule has 0 spiro atoms. The Morgan fingerprint density at radius 1 is 1.60 bits per heavy atom. The molecule has 0 N–H and O–H groups in total. The lowest BCUT2D eigenvalue weighted by molar-refractivity contribution is 0.122. The third kappa shape index (κ3) is 1.72. The highest BCUT2D eigenvalue weighted by Crippen LogP contribution is 2.27. The summed E-state index contributed by atoms with van der Waals surface area (Å²) in [5.74, 6) is 0. The van der Waals surface area contributed by atoms with Gasteiger partial charge in [-0.1, -0.05) is 11.6 Å². The van der Waals surface area contributed by atoms with Crippen molar-refractivity contribution in [3.63, 3.8) is 0 Å². The van der Waals surface area contributed by atoms with E-state index in [-0.39, 0.29) is 6.10 Å². The first kappa shape index (κ1) is 8.05. The van der Waals surface area contributed by atoms with Crippen molar-refractivity contribution in [2.45, 2.75) is 13.0 Å². The Balaban J connectivity index is 2.74. The number of halogens is 1. The van der Waals surface area contributed by atoms with Crippen LogP contribution in [0.2, 0.25) is 4.34 Å². The lowest BCUT2D eigenvalue weighted by Gasteiger charge is -2.04. The molecule has 1 unspecified atom stereocenters. The minimum Gasteiger partial charge on any atom is -0.376 e. The Hall–Kier alpha value is -0.0500. The summed E-state index contributed by atoms with van der Waals surface area (Å²) < 4.78 is 5.92. The van der Waals surface area contributed by atoms with E-state index in [1.54, 1.807) is 18.4 Å². The molecule has 56 valence electrons. The number of ether oxygens (including phenoxy) is 1. The Kier molecular flexibility index (Phi) is 2.72. The van der Waals surface area contributed by atoms with Gasteiger partial charge in [-0.15, -0.1) is 11.3 Å². The predicted molar refractivity (Wildman–Crippen MR) is 44.8 cm³/mol. The van der Waals surface area contributed by atoms with Crippen molar-refractivity contribution in [2.75, 3.05) is 7.11 Å². The lowest BCUT2D eigenvalue weighted by atomic mass is 10.3.